The minimum absolute atomic E-state index is 0.0347. The fourth-order valence-electron chi connectivity index (χ4n) is 1.41. The van der Waals surface area contributed by atoms with Crippen molar-refractivity contribution in [1.82, 2.24) is 4.98 Å². The highest BCUT2D eigenvalue weighted by Crippen LogP contribution is 2.22. The van der Waals surface area contributed by atoms with Crippen molar-refractivity contribution in [2.24, 2.45) is 0 Å². The molecule has 0 saturated carbocycles. The van der Waals surface area contributed by atoms with E-state index in [9.17, 15) is 4.79 Å². The molecular weight excluding hydrogens is 256 g/mol. The zero-order valence-corrected chi connectivity index (χ0v) is 10.8. The number of benzene rings is 1. The first-order valence-corrected chi connectivity index (χ1v) is 6.49. The van der Waals surface area contributed by atoms with E-state index in [2.05, 4.69) is 10.3 Å². The Morgan fingerprint density at radius 1 is 1.41 bits per heavy atom. The molecular formula is C12H11ClN2OS. The zero-order chi connectivity index (χ0) is 12.3. The van der Waals surface area contributed by atoms with E-state index in [1.54, 1.807) is 11.3 Å². The Morgan fingerprint density at radius 3 is 2.65 bits per heavy atom. The maximum absolute atomic E-state index is 11.1. The molecule has 0 aliphatic carbocycles. The molecule has 88 valence electrons. The van der Waals surface area contributed by atoms with Gasteiger partial charge < -0.3 is 5.32 Å². The fourth-order valence-corrected chi connectivity index (χ4v) is 2.10. The number of carbonyl (C=O) groups excluding carboxylic acids is 1. The van der Waals surface area contributed by atoms with Crippen LogP contribution in [0.4, 0.5) is 5.69 Å². The van der Waals surface area contributed by atoms with Gasteiger partial charge in [0.25, 0.3) is 0 Å². The first kappa shape index (κ1) is 12.1. The molecule has 3 nitrogen and oxygen atoms in total. The Bertz CT molecular complexity index is 522. The molecule has 1 aromatic carbocycles. The topological polar surface area (TPSA) is 42.0 Å². The van der Waals surface area contributed by atoms with Crippen LogP contribution in [-0.4, -0.2) is 16.8 Å². The number of nitrogens with zero attached hydrogens (tertiary/aromatic N) is 1. The molecule has 2 rings (SSSR count). The molecule has 0 radical (unpaired) electrons. The van der Waals surface area contributed by atoms with Gasteiger partial charge in [0.15, 0.2) is 0 Å². The van der Waals surface area contributed by atoms with Gasteiger partial charge in [0, 0.05) is 16.6 Å². The highest BCUT2D eigenvalue weighted by Gasteiger charge is 2.03. The molecule has 0 saturated heterocycles. The minimum Gasteiger partial charge on any atom is -0.325 e. The summed E-state index contributed by atoms with van der Waals surface area (Å²) in [4.78, 5) is 15.5. The van der Waals surface area contributed by atoms with Gasteiger partial charge in [-0.05, 0) is 19.1 Å². The van der Waals surface area contributed by atoms with Gasteiger partial charge in [-0.3, -0.25) is 4.79 Å². The number of thiazole rings is 1. The second-order valence-electron chi connectivity index (χ2n) is 3.51. The summed E-state index contributed by atoms with van der Waals surface area (Å²) in [6, 6.07) is 7.54. The zero-order valence-electron chi connectivity index (χ0n) is 9.24. The van der Waals surface area contributed by atoms with Crippen LogP contribution in [-0.2, 0) is 4.79 Å². The normalized spacial score (nSPS) is 10.2. The van der Waals surface area contributed by atoms with Crippen LogP contribution in [0.2, 0.25) is 0 Å². The molecule has 1 aromatic heterocycles. The maximum Gasteiger partial charge on any atom is 0.239 e. The monoisotopic (exact) mass is 266 g/mol. The van der Waals surface area contributed by atoms with E-state index in [1.807, 2.05) is 36.6 Å². The molecule has 0 fully saturated rings. The Kier molecular flexibility index (Phi) is 3.76. The van der Waals surface area contributed by atoms with E-state index >= 15 is 0 Å². The van der Waals surface area contributed by atoms with E-state index in [4.69, 9.17) is 11.6 Å². The SMILES string of the molecule is Cc1nc(-c2ccc(NC(=O)CCl)cc2)cs1. The second-order valence-corrected chi connectivity index (χ2v) is 4.84. The molecule has 0 aliphatic heterocycles. The number of alkyl halides is 1. The highest BCUT2D eigenvalue weighted by molar-refractivity contribution is 7.09. The van der Waals surface area contributed by atoms with Crippen LogP contribution >= 0.6 is 22.9 Å². The molecule has 1 heterocycles. The number of hydrogen-bond donors (Lipinski definition) is 1. The Labute approximate surface area is 108 Å². The third-order valence-corrected chi connectivity index (χ3v) is 3.22. The van der Waals surface area contributed by atoms with Crippen LogP contribution in [0.3, 0.4) is 0 Å². The summed E-state index contributed by atoms with van der Waals surface area (Å²) in [6.45, 7) is 1.98. The number of aromatic nitrogens is 1. The predicted octanol–water partition coefficient (Wildman–Crippen LogP) is 3.30. The van der Waals surface area contributed by atoms with Gasteiger partial charge in [-0.2, -0.15) is 0 Å². The van der Waals surface area contributed by atoms with Gasteiger partial charge in [-0.1, -0.05) is 12.1 Å². The summed E-state index contributed by atoms with van der Waals surface area (Å²) in [5.41, 5.74) is 2.74. The van der Waals surface area contributed by atoms with Gasteiger partial charge in [0.2, 0.25) is 5.91 Å². The van der Waals surface area contributed by atoms with Crippen LogP contribution in [0.5, 0.6) is 0 Å². The third kappa shape index (κ3) is 3.05. The number of rotatable bonds is 3. The number of amides is 1. The van der Waals surface area contributed by atoms with Crippen LogP contribution in [0.1, 0.15) is 5.01 Å². The minimum atomic E-state index is -0.205. The number of aryl methyl sites for hydroxylation is 1. The first-order chi connectivity index (χ1) is 8.19. The lowest BCUT2D eigenvalue weighted by Gasteiger charge is -2.03. The molecule has 5 heteroatoms. The smallest absolute Gasteiger partial charge is 0.239 e. The van der Waals surface area contributed by atoms with Crippen molar-refractivity contribution in [3.63, 3.8) is 0 Å². The van der Waals surface area contributed by atoms with Gasteiger partial charge >= 0.3 is 0 Å². The van der Waals surface area contributed by atoms with Gasteiger partial charge in [-0.15, -0.1) is 22.9 Å². The van der Waals surface area contributed by atoms with Gasteiger partial charge in [-0.25, -0.2) is 4.98 Å². The second kappa shape index (κ2) is 5.29. The van der Waals surface area contributed by atoms with Crippen molar-refractivity contribution < 1.29 is 4.79 Å². The van der Waals surface area contributed by atoms with Gasteiger partial charge in [0.05, 0.1) is 10.7 Å². The van der Waals surface area contributed by atoms with Crippen molar-refractivity contribution in [1.29, 1.82) is 0 Å². The molecule has 0 unspecified atom stereocenters. The lowest BCUT2D eigenvalue weighted by molar-refractivity contribution is -0.113. The standard InChI is InChI=1S/C12H11ClN2OS/c1-8-14-11(7-17-8)9-2-4-10(5-3-9)15-12(16)6-13/h2-5,7H,6H2,1H3,(H,15,16). The number of hydrogen-bond acceptors (Lipinski definition) is 3. The summed E-state index contributed by atoms with van der Waals surface area (Å²) in [5.74, 6) is -0.239. The van der Waals surface area contributed by atoms with Crippen molar-refractivity contribution in [3.05, 3.63) is 34.7 Å². The molecule has 17 heavy (non-hydrogen) atoms. The van der Waals surface area contributed by atoms with Crippen molar-refractivity contribution >= 4 is 34.5 Å². The third-order valence-electron chi connectivity index (χ3n) is 2.20. The van der Waals surface area contributed by atoms with E-state index in [1.165, 1.54) is 0 Å². The highest BCUT2D eigenvalue weighted by atomic mass is 35.5. The summed E-state index contributed by atoms with van der Waals surface area (Å²) in [6.07, 6.45) is 0. The van der Waals surface area contributed by atoms with E-state index in [0.717, 1.165) is 22.0 Å². The van der Waals surface area contributed by atoms with Crippen LogP contribution in [0.25, 0.3) is 11.3 Å². The number of nitrogens with one attached hydrogen (secondary N) is 1. The largest absolute Gasteiger partial charge is 0.325 e. The Hall–Kier alpha value is -1.39. The molecule has 1 amide bonds. The molecule has 0 bridgehead atoms. The molecule has 1 N–H and O–H groups in total. The van der Waals surface area contributed by atoms with E-state index in [-0.39, 0.29) is 11.8 Å². The molecule has 2 aromatic rings. The molecule has 0 atom stereocenters. The Morgan fingerprint density at radius 2 is 2.12 bits per heavy atom. The average Bonchev–Trinajstić information content (AvgIpc) is 2.77. The Balaban J connectivity index is 2.15. The van der Waals surface area contributed by atoms with Crippen LogP contribution in [0.15, 0.2) is 29.6 Å². The number of anilines is 1. The number of halogens is 1. The lowest BCUT2D eigenvalue weighted by atomic mass is 10.1. The molecule has 0 aliphatic rings. The van der Waals surface area contributed by atoms with E-state index < -0.39 is 0 Å². The summed E-state index contributed by atoms with van der Waals surface area (Å²) < 4.78 is 0. The summed E-state index contributed by atoms with van der Waals surface area (Å²) in [7, 11) is 0. The maximum atomic E-state index is 11.1. The first-order valence-electron chi connectivity index (χ1n) is 5.07. The number of carbonyl (C=O) groups is 1. The lowest BCUT2D eigenvalue weighted by Crippen LogP contribution is -2.12. The molecule has 0 spiro atoms. The predicted molar refractivity (Wildman–Crippen MR) is 71.6 cm³/mol. The van der Waals surface area contributed by atoms with Crippen molar-refractivity contribution in [2.75, 3.05) is 11.2 Å². The van der Waals surface area contributed by atoms with E-state index in [0.29, 0.717) is 0 Å². The quantitative estimate of drug-likeness (QED) is 0.866. The van der Waals surface area contributed by atoms with Crippen molar-refractivity contribution in [2.45, 2.75) is 6.92 Å². The summed E-state index contributed by atoms with van der Waals surface area (Å²) >= 11 is 7.03. The van der Waals surface area contributed by atoms with Crippen LogP contribution < -0.4 is 5.32 Å². The van der Waals surface area contributed by atoms with Gasteiger partial charge in [0.1, 0.15) is 5.88 Å². The van der Waals surface area contributed by atoms with Crippen molar-refractivity contribution in [3.8, 4) is 11.3 Å². The van der Waals surface area contributed by atoms with Crippen LogP contribution in [0, 0.1) is 6.92 Å². The fraction of sp³-hybridized carbons (Fsp3) is 0.167. The average molecular weight is 267 g/mol. The summed E-state index contributed by atoms with van der Waals surface area (Å²) in [5, 5.41) is 5.74.